The molecule has 0 radical (unpaired) electrons. The predicted octanol–water partition coefficient (Wildman–Crippen LogP) is 4.94. The Morgan fingerprint density at radius 1 is 0.944 bits per heavy atom. The number of halogens is 1. The van der Waals surface area contributed by atoms with Gasteiger partial charge in [-0.05, 0) is 13.3 Å². The van der Waals surface area contributed by atoms with Crippen molar-refractivity contribution in [1.82, 2.24) is 0 Å². The fourth-order valence-corrected chi connectivity index (χ4v) is 2.35. The standard InChI is InChI=1S/C15H30BrNO/c1-3-4-5-6-7-8-9-10-11-12-13-15(2,16)14(17)18/h3-13H2,1-2H3,(H2,17,18). The van der Waals surface area contributed by atoms with E-state index in [9.17, 15) is 4.79 Å². The number of hydrogen-bond acceptors (Lipinski definition) is 1. The maximum absolute atomic E-state index is 11.1. The van der Waals surface area contributed by atoms with Crippen LogP contribution in [0.3, 0.4) is 0 Å². The Kier molecular flexibility index (Phi) is 10.8. The molecule has 108 valence electrons. The molecule has 0 saturated heterocycles. The molecule has 0 aromatic rings. The molecule has 2 nitrogen and oxygen atoms in total. The lowest BCUT2D eigenvalue weighted by atomic mass is 10.0. The van der Waals surface area contributed by atoms with Crippen molar-refractivity contribution in [2.24, 2.45) is 5.73 Å². The van der Waals surface area contributed by atoms with Crippen LogP contribution in [0.4, 0.5) is 0 Å². The van der Waals surface area contributed by atoms with Gasteiger partial charge in [-0.2, -0.15) is 0 Å². The number of amides is 1. The molecular formula is C15H30BrNO. The minimum absolute atomic E-state index is 0.251. The normalized spacial score (nSPS) is 14.4. The highest BCUT2D eigenvalue weighted by Gasteiger charge is 2.26. The highest BCUT2D eigenvalue weighted by atomic mass is 79.9. The zero-order valence-electron chi connectivity index (χ0n) is 12.1. The fraction of sp³-hybridized carbons (Fsp3) is 0.933. The van der Waals surface area contributed by atoms with Gasteiger partial charge in [0, 0.05) is 0 Å². The topological polar surface area (TPSA) is 43.1 Å². The minimum atomic E-state index is -0.507. The second-order valence-corrected chi connectivity index (χ2v) is 7.24. The first kappa shape index (κ1) is 17.9. The Morgan fingerprint density at radius 3 is 1.72 bits per heavy atom. The Bertz CT molecular complexity index is 217. The van der Waals surface area contributed by atoms with Crippen LogP contribution in [0, 0.1) is 0 Å². The summed E-state index contributed by atoms with van der Waals surface area (Å²) in [5.74, 6) is -0.251. The number of carbonyl (C=O) groups is 1. The molecular weight excluding hydrogens is 290 g/mol. The van der Waals surface area contributed by atoms with Gasteiger partial charge in [-0.25, -0.2) is 0 Å². The Hall–Kier alpha value is -0.0500. The maximum Gasteiger partial charge on any atom is 0.234 e. The molecule has 0 spiro atoms. The van der Waals surface area contributed by atoms with Crippen LogP contribution in [0.25, 0.3) is 0 Å². The highest BCUT2D eigenvalue weighted by molar-refractivity contribution is 9.10. The van der Waals surface area contributed by atoms with Crippen molar-refractivity contribution in [3.8, 4) is 0 Å². The third-order valence-corrected chi connectivity index (χ3v) is 4.30. The van der Waals surface area contributed by atoms with Gasteiger partial charge in [-0.3, -0.25) is 4.79 Å². The summed E-state index contributed by atoms with van der Waals surface area (Å²) in [6, 6.07) is 0. The Morgan fingerprint density at radius 2 is 1.33 bits per heavy atom. The first-order valence-electron chi connectivity index (χ1n) is 7.49. The van der Waals surface area contributed by atoms with Gasteiger partial charge in [-0.1, -0.05) is 87.1 Å². The van der Waals surface area contributed by atoms with E-state index in [-0.39, 0.29) is 5.91 Å². The molecule has 0 fully saturated rings. The van der Waals surface area contributed by atoms with Crippen LogP contribution in [-0.4, -0.2) is 10.2 Å². The molecule has 1 amide bonds. The van der Waals surface area contributed by atoms with Gasteiger partial charge in [0.1, 0.15) is 4.32 Å². The average molecular weight is 320 g/mol. The molecule has 0 aromatic carbocycles. The summed E-state index contributed by atoms with van der Waals surface area (Å²) in [7, 11) is 0. The van der Waals surface area contributed by atoms with Crippen molar-refractivity contribution in [2.45, 2.75) is 88.8 Å². The number of nitrogens with two attached hydrogens (primary N) is 1. The summed E-state index contributed by atoms with van der Waals surface area (Å²) < 4.78 is -0.507. The molecule has 0 saturated carbocycles. The molecule has 0 rings (SSSR count). The van der Waals surface area contributed by atoms with Gasteiger partial charge in [0.15, 0.2) is 0 Å². The van der Waals surface area contributed by atoms with Crippen LogP contribution < -0.4 is 5.73 Å². The smallest absolute Gasteiger partial charge is 0.234 e. The summed E-state index contributed by atoms with van der Waals surface area (Å²) in [6.07, 6.45) is 14.0. The number of primary amides is 1. The van der Waals surface area contributed by atoms with E-state index in [2.05, 4.69) is 22.9 Å². The van der Waals surface area contributed by atoms with Crippen molar-refractivity contribution < 1.29 is 4.79 Å². The molecule has 1 unspecified atom stereocenters. The molecule has 3 heteroatoms. The van der Waals surface area contributed by atoms with Crippen LogP contribution in [-0.2, 0) is 4.79 Å². The van der Waals surface area contributed by atoms with Crippen molar-refractivity contribution in [2.75, 3.05) is 0 Å². The van der Waals surface area contributed by atoms with Crippen molar-refractivity contribution >= 4 is 21.8 Å². The maximum atomic E-state index is 11.1. The van der Waals surface area contributed by atoms with Crippen LogP contribution in [0.5, 0.6) is 0 Å². The van der Waals surface area contributed by atoms with Crippen LogP contribution >= 0.6 is 15.9 Å². The number of carbonyl (C=O) groups excluding carboxylic acids is 1. The van der Waals surface area contributed by atoms with Crippen molar-refractivity contribution in [3.63, 3.8) is 0 Å². The lowest BCUT2D eigenvalue weighted by Crippen LogP contribution is -2.34. The zero-order chi connectivity index (χ0) is 13.9. The lowest BCUT2D eigenvalue weighted by molar-refractivity contribution is -0.119. The molecule has 0 aliphatic carbocycles. The van der Waals surface area contributed by atoms with E-state index in [1.807, 2.05) is 6.92 Å². The summed E-state index contributed by atoms with van der Waals surface area (Å²) in [6.45, 7) is 4.12. The summed E-state index contributed by atoms with van der Waals surface area (Å²) in [5.41, 5.74) is 5.30. The lowest BCUT2D eigenvalue weighted by Gasteiger charge is -2.17. The van der Waals surface area contributed by atoms with E-state index < -0.39 is 4.32 Å². The Balaban J connectivity index is 3.24. The SMILES string of the molecule is CCCCCCCCCCCCC(C)(Br)C(N)=O. The monoisotopic (exact) mass is 319 g/mol. The van der Waals surface area contributed by atoms with Gasteiger partial charge in [0.2, 0.25) is 5.91 Å². The third kappa shape index (κ3) is 9.93. The summed E-state index contributed by atoms with van der Waals surface area (Å²) >= 11 is 3.39. The second kappa shape index (κ2) is 10.8. The third-order valence-electron chi connectivity index (χ3n) is 3.51. The largest absolute Gasteiger partial charge is 0.368 e. The molecule has 0 heterocycles. The van der Waals surface area contributed by atoms with E-state index >= 15 is 0 Å². The van der Waals surface area contributed by atoms with E-state index in [1.165, 1.54) is 57.8 Å². The number of rotatable bonds is 12. The molecule has 0 bridgehead atoms. The van der Waals surface area contributed by atoms with E-state index in [4.69, 9.17) is 5.73 Å². The molecule has 1 atom stereocenters. The molecule has 0 aromatic heterocycles. The molecule has 2 N–H and O–H groups in total. The van der Waals surface area contributed by atoms with Crippen LogP contribution in [0.2, 0.25) is 0 Å². The summed E-state index contributed by atoms with van der Waals surface area (Å²) in [4.78, 5) is 11.1. The highest BCUT2D eigenvalue weighted by Crippen LogP contribution is 2.24. The molecule has 0 aliphatic rings. The molecule has 0 aliphatic heterocycles. The van der Waals surface area contributed by atoms with Gasteiger partial charge in [0.25, 0.3) is 0 Å². The van der Waals surface area contributed by atoms with Crippen LogP contribution in [0.15, 0.2) is 0 Å². The Labute approximate surface area is 121 Å². The van der Waals surface area contributed by atoms with Gasteiger partial charge < -0.3 is 5.73 Å². The van der Waals surface area contributed by atoms with Gasteiger partial charge in [-0.15, -0.1) is 0 Å². The van der Waals surface area contributed by atoms with Crippen molar-refractivity contribution in [1.29, 1.82) is 0 Å². The average Bonchev–Trinajstić information content (AvgIpc) is 2.31. The predicted molar refractivity (Wildman–Crippen MR) is 83.0 cm³/mol. The number of unbranched alkanes of at least 4 members (excludes halogenated alkanes) is 9. The van der Waals surface area contributed by atoms with E-state index in [1.54, 1.807) is 0 Å². The van der Waals surface area contributed by atoms with E-state index in [0.29, 0.717) is 0 Å². The minimum Gasteiger partial charge on any atom is -0.368 e. The first-order valence-corrected chi connectivity index (χ1v) is 8.29. The number of hydrogen-bond donors (Lipinski definition) is 1. The fourth-order valence-electron chi connectivity index (χ4n) is 2.07. The van der Waals surface area contributed by atoms with Gasteiger partial charge in [0.05, 0.1) is 0 Å². The second-order valence-electron chi connectivity index (χ2n) is 5.49. The zero-order valence-corrected chi connectivity index (χ0v) is 13.7. The first-order chi connectivity index (χ1) is 8.50. The van der Waals surface area contributed by atoms with Gasteiger partial charge >= 0.3 is 0 Å². The van der Waals surface area contributed by atoms with E-state index in [0.717, 1.165) is 12.8 Å². The molecule has 18 heavy (non-hydrogen) atoms. The quantitative estimate of drug-likeness (QED) is 0.402. The summed E-state index contributed by atoms with van der Waals surface area (Å²) in [5, 5.41) is 0. The number of alkyl halides is 1. The van der Waals surface area contributed by atoms with Crippen LogP contribution in [0.1, 0.15) is 84.5 Å². The van der Waals surface area contributed by atoms with Crippen molar-refractivity contribution in [3.05, 3.63) is 0 Å².